The summed E-state index contributed by atoms with van der Waals surface area (Å²) in [4.78, 5) is 15.7. The predicted molar refractivity (Wildman–Crippen MR) is 109 cm³/mol. The molecule has 2 atom stereocenters. The molecular weight excluding hydrogens is 342 g/mol. The Hall–Kier alpha value is -2.73. The lowest BCUT2D eigenvalue weighted by Gasteiger charge is -2.22. The molecule has 1 amide bonds. The van der Waals surface area contributed by atoms with Gasteiger partial charge in [0, 0.05) is 37.1 Å². The largest absolute Gasteiger partial charge is 0.497 e. The number of amides is 1. The van der Waals surface area contributed by atoms with Gasteiger partial charge in [-0.25, -0.2) is 0 Å². The summed E-state index contributed by atoms with van der Waals surface area (Å²) in [5, 5.41) is 2.99. The fourth-order valence-electron chi connectivity index (χ4n) is 2.77. The second kappa shape index (κ2) is 9.28. The number of nitrogens with zero attached hydrogens (tertiary/aromatic N) is 1. The Morgan fingerprint density at radius 1 is 1.11 bits per heavy atom. The number of hydrogen-bond donors (Lipinski definition) is 2. The van der Waals surface area contributed by atoms with Gasteiger partial charge < -0.3 is 24.6 Å². The number of ether oxygens (including phenoxy) is 2. The van der Waals surface area contributed by atoms with Crippen molar-refractivity contribution < 1.29 is 19.2 Å². The lowest BCUT2D eigenvalue weighted by Crippen LogP contribution is -3.12. The standard InChI is InChI=1S/C21H29N3O3/c1-15(21(25)22-17-8-10-18(11-9-17)23(2)3)24(4)14-16-7-12-19(26-5)13-20(16)27-6/h7-13,15H,14H2,1-6H3,(H,22,25)/p+1/t15-/m1/s1. The van der Waals surface area contributed by atoms with Gasteiger partial charge in [0.2, 0.25) is 0 Å². The highest BCUT2D eigenvalue weighted by atomic mass is 16.5. The minimum Gasteiger partial charge on any atom is -0.497 e. The number of hydrogen-bond acceptors (Lipinski definition) is 4. The van der Waals surface area contributed by atoms with Crippen LogP contribution in [0.4, 0.5) is 11.4 Å². The van der Waals surface area contributed by atoms with E-state index in [-0.39, 0.29) is 11.9 Å². The van der Waals surface area contributed by atoms with Gasteiger partial charge in [-0.05, 0) is 43.3 Å². The highest BCUT2D eigenvalue weighted by Gasteiger charge is 2.23. The van der Waals surface area contributed by atoms with E-state index in [9.17, 15) is 4.79 Å². The highest BCUT2D eigenvalue weighted by molar-refractivity contribution is 5.93. The summed E-state index contributed by atoms with van der Waals surface area (Å²) >= 11 is 0. The molecule has 6 nitrogen and oxygen atoms in total. The molecule has 0 aliphatic heterocycles. The van der Waals surface area contributed by atoms with Gasteiger partial charge in [-0.1, -0.05) is 0 Å². The van der Waals surface area contributed by atoms with Gasteiger partial charge in [0.1, 0.15) is 18.0 Å². The molecule has 2 rings (SSSR count). The van der Waals surface area contributed by atoms with E-state index in [1.165, 1.54) is 0 Å². The van der Waals surface area contributed by atoms with Gasteiger partial charge in [0.25, 0.3) is 5.91 Å². The molecule has 1 unspecified atom stereocenters. The summed E-state index contributed by atoms with van der Waals surface area (Å²) in [7, 11) is 9.25. The Labute approximate surface area is 161 Å². The minimum atomic E-state index is -0.217. The maximum absolute atomic E-state index is 12.6. The van der Waals surface area contributed by atoms with Crippen LogP contribution >= 0.6 is 0 Å². The average Bonchev–Trinajstić information content (AvgIpc) is 2.67. The lowest BCUT2D eigenvalue weighted by molar-refractivity contribution is -0.907. The number of anilines is 2. The van der Waals surface area contributed by atoms with E-state index in [1.807, 2.05) is 75.4 Å². The van der Waals surface area contributed by atoms with Crippen LogP contribution in [0, 0.1) is 0 Å². The van der Waals surface area contributed by atoms with Crippen molar-refractivity contribution in [1.29, 1.82) is 0 Å². The quantitative estimate of drug-likeness (QED) is 0.742. The maximum atomic E-state index is 12.6. The first-order chi connectivity index (χ1) is 12.8. The van der Waals surface area contributed by atoms with E-state index in [0.29, 0.717) is 6.54 Å². The SMILES string of the molecule is COc1ccc(C[NH+](C)[C@H](C)C(=O)Nc2ccc(N(C)C)cc2)c(OC)c1. The number of likely N-dealkylation sites (N-methyl/N-ethyl adjacent to an activating group) is 1. The molecule has 2 aromatic rings. The van der Waals surface area contributed by atoms with E-state index in [2.05, 4.69) is 5.32 Å². The number of quaternary nitrogens is 1. The molecule has 0 spiro atoms. The molecule has 0 aliphatic rings. The van der Waals surface area contributed by atoms with Crippen LogP contribution in [0.3, 0.4) is 0 Å². The Morgan fingerprint density at radius 3 is 2.33 bits per heavy atom. The lowest BCUT2D eigenvalue weighted by atomic mass is 10.1. The second-order valence-electron chi connectivity index (χ2n) is 6.85. The first-order valence-electron chi connectivity index (χ1n) is 8.97. The normalized spacial score (nSPS) is 12.8. The molecule has 0 fully saturated rings. The van der Waals surface area contributed by atoms with Crippen molar-refractivity contribution in [2.75, 3.05) is 45.6 Å². The van der Waals surface area contributed by atoms with E-state index < -0.39 is 0 Å². The van der Waals surface area contributed by atoms with Crippen LogP contribution in [-0.4, -0.2) is 47.3 Å². The van der Waals surface area contributed by atoms with E-state index in [1.54, 1.807) is 14.2 Å². The number of nitrogens with one attached hydrogen (secondary N) is 2. The third kappa shape index (κ3) is 5.37. The van der Waals surface area contributed by atoms with Crippen LogP contribution < -0.4 is 24.6 Å². The first-order valence-corrected chi connectivity index (χ1v) is 8.97. The molecule has 0 aromatic heterocycles. The van der Waals surface area contributed by atoms with Gasteiger partial charge in [-0.2, -0.15) is 0 Å². The number of carbonyl (C=O) groups excluding carboxylic acids is 1. The van der Waals surface area contributed by atoms with Crippen molar-refractivity contribution in [2.24, 2.45) is 0 Å². The van der Waals surface area contributed by atoms with Crippen LogP contribution in [-0.2, 0) is 11.3 Å². The van der Waals surface area contributed by atoms with Crippen molar-refractivity contribution in [2.45, 2.75) is 19.5 Å². The summed E-state index contributed by atoms with van der Waals surface area (Å²) in [6, 6.07) is 13.3. The van der Waals surface area contributed by atoms with Gasteiger partial charge in [-0.15, -0.1) is 0 Å². The zero-order chi connectivity index (χ0) is 20.0. The van der Waals surface area contributed by atoms with Crippen molar-refractivity contribution in [3.05, 3.63) is 48.0 Å². The molecule has 0 radical (unpaired) electrons. The third-order valence-corrected chi connectivity index (χ3v) is 4.75. The van der Waals surface area contributed by atoms with Crippen LogP contribution in [0.5, 0.6) is 11.5 Å². The number of benzene rings is 2. The monoisotopic (exact) mass is 372 g/mol. The van der Waals surface area contributed by atoms with E-state index >= 15 is 0 Å². The third-order valence-electron chi connectivity index (χ3n) is 4.75. The molecule has 0 saturated heterocycles. The van der Waals surface area contributed by atoms with Crippen LogP contribution in [0.15, 0.2) is 42.5 Å². The summed E-state index contributed by atoms with van der Waals surface area (Å²) < 4.78 is 10.7. The van der Waals surface area contributed by atoms with Crippen LogP contribution in [0.25, 0.3) is 0 Å². The van der Waals surface area contributed by atoms with E-state index in [4.69, 9.17) is 9.47 Å². The van der Waals surface area contributed by atoms with Crippen LogP contribution in [0.1, 0.15) is 12.5 Å². The zero-order valence-electron chi connectivity index (χ0n) is 17.0. The van der Waals surface area contributed by atoms with Crippen molar-refractivity contribution in [3.63, 3.8) is 0 Å². The molecule has 0 saturated carbocycles. The number of carbonyl (C=O) groups is 1. The molecule has 0 aliphatic carbocycles. The first kappa shape index (κ1) is 20.6. The number of methoxy groups -OCH3 is 2. The van der Waals surface area contributed by atoms with Crippen molar-refractivity contribution in [1.82, 2.24) is 0 Å². The van der Waals surface area contributed by atoms with Crippen molar-refractivity contribution in [3.8, 4) is 11.5 Å². The molecule has 2 N–H and O–H groups in total. The molecule has 6 heteroatoms. The van der Waals surface area contributed by atoms with Gasteiger partial charge in [-0.3, -0.25) is 4.79 Å². The van der Waals surface area contributed by atoms with Crippen molar-refractivity contribution >= 4 is 17.3 Å². The summed E-state index contributed by atoms with van der Waals surface area (Å²) in [5.41, 5.74) is 2.92. The minimum absolute atomic E-state index is 0.0161. The average molecular weight is 372 g/mol. The fraction of sp³-hybridized carbons (Fsp3) is 0.381. The Kier molecular flexibility index (Phi) is 7.07. The zero-order valence-corrected chi connectivity index (χ0v) is 17.0. The molecule has 0 heterocycles. The second-order valence-corrected chi connectivity index (χ2v) is 6.85. The molecule has 2 aromatic carbocycles. The molecule has 0 bridgehead atoms. The molecule has 27 heavy (non-hydrogen) atoms. The van der Waals surface area contributed by atoms with E-state index in [0.717, 1.165) is 33.3 Å². The highest BCUT2D eigenvalue weighted by Crippen LogP contribution is 2.24. The van der Waals surface area contributed by atoms with Gasteiger partial charge >= 0.3 is 0 Å². The van der Waals surface area contributed by atoms with Gasteiger partial charge in [0.15, 0.2) is 6.04 Å². The predicted octanol–water partition coefficient (Wildman–Crippen LogP) is 1.81. The Morgan fingerprint density at radius 2 is 1.78 bits per heavy atom. The summed E-state index contributed by atoms with van der Waals surface area (Å²) in [6.45, 7) is 2.59. The Balaban J connectivity index is 2.01. The van der Waals surface area contributed by atoms with Gasteiger partial charge in [0.05, 0.1) is 21.3 Å². The fourth-order valence-corrected chi connectivity index (χ4v) is 2.77. The smallest absolute Gasteiger partial charge is 0.282 e. The topological polar surface area (TPSA) is 55.2 Å². The Bertz CT molecular complexity index is 760. The van der Waals surface area contributed by atoms with Crippen LogP contribution in [0.2, 0.25) is 0 Å². The molecule has 146 valence electrons. The molecular formula is C21H30N3O3+. The summed E-state index contributed by atoms with van der Waals surface area (Å²) in [5.74, 6) is 1.50. The summed E-state index contributed by atoms with van der Waals surface area (Å²) in [6.07, 6.45) is 0. The maximum Gasteiger partial charge on any atom is 0.282 e. The number of rotatable bonds is 8.